The maximum absolute atomic E-state index is 12.4. The first-order valence-electron chi connectivity index (χ1n) is 8.50. The van der Waals surface area contributed by atoms with Gasteiger partial charge >= 0.3 is 0 Å². The first kappa shape index (κ1) is 18.7. The van der Waals surface area contributed by atoms with E-state index in [1.165, 1.54) is 0 Å². The van der Waals surface area contributed by atoms with Crippen molar-refractivity contribution in [1.82, 2.24) is 15.2 Å². The first-order valence-corrected chi connectivity index (χ1v) is 8.88. The molecule has 0 saturated carbocycles. The van der Waals surface area contributed by atoms with E-state index < -0.39 is 0 Å². The Hall–Kier alpha value is -3.11. The molecular formula is C19H18ClN5O2. The van der Waals surface area contributed by atoms with E-state index in [9.17, 15) is 14.9 Å². The molecule has 7 nitrogen and oxygen atoms in total. The van der Waals surface area contributed by atoms with Crippen LogP contribution in [0, 0.1) is 11.3 Å². The number of piperazine rings is 1. The van der Waals surface area contributed by atoms with Gasteiger partial charge in [-0.1, -0.05) is 23.7 Å². The fourth-order valence-corrected chi connectivity index (χ4v) is 3.13. The lowest BCUT2D eigenvalue weighted by atomic mass is 10.2. The highest BCUT2D eigenvalue weighted by atomic mass is 35.5. The number of pyridine rings is 1. The highest BCUT2D eigenvalue weighted by Crippen LogP contribution is 2.18. The molecule has 2 heterocycles. The molecule has 8 heteroatoms. The molecule has 2 amide bonds. The summed E-state index contributed by atoms with van der Waals surface area (Å²) in [6, 6.07) is 12.3. The number of nitriles is 1. The predicted molar refractivity (Wildman–Crippen MR) is 102 cm³/mol. The lowest BCUT2D eigenvalue weighted by molar-refractivity contribution is -0.130. The largest absolute Gasteiger partial charge is 0.352 e. The molecule has 1 aliphatic heterocycles. The average Bonchev–Trinajstić information content (AvgIpc) is 2.72. The van der Waals surface area contributed by atoms with Gasteiger partial charge in [-0.05, 0) is 24.3 Å². The molecule has 1 aromatic heterocycles. The van der Waals surface area contributed by atoms with Gasteiger partial charge in [0.1, 0.15) is 11.9 Å². The molecule has 0 radical (unpaired) electrons. The van der Waals surface area contributed by atoms with Gasteiger partial charge in [-0.25, -0.2) is 4.98 Å². The van der Waals surface area contributed by atoms with Crippen LogP contribution in [0.25, 0.3) is 0 Å². The second-order valence-electron chi connectivity index (χ2n) is 6.02. The maximum atomic E-state index is 12.4. The molecule has 2 aromatic rings. The van der Waals surface area contributed by atoms with Gasteiger partial charge in [0.05, 0.1) is 22.7 Å². The van der Waals surface area contributed by atoms with E-state index in [1.54, 1.807) is 47.5 Å². The van der Waals surface area contributed by atoms with E-state index in [1.807, 2.05) is 4.90 Å². The van der Waals surface area contributed by atoms with Crippen molar-refractivity contribution in [1.29, 1.82) is 5.26 Å². The topological polar surface area (TPSA) is 89.3 Å². The number of halogens is 1. The van der Waals surface area contributed by atoms with Crippen LogP contribution < -0.4 is 10.2 Å². The molecule has 0 aliphatic carbocycles. The molecule has 0 atom stereocenters. The minimum absolute atomic E-state index is 0.0862. The molecular weight excluding hydrogens is 366 g/mol. The Labute approximate surface area is 162 Å². The van der Waals surface area contributed by atoms with Crippen LogP contribution in [0.2, 0.25) is 5.02 Å². The predicted octanol–water partition coefficient (Wildman–Crippen LogP) is 1.69. The summed E-state index contributed by atoms with van der Waals surface area (Å²) >= 11 is 5.99. The van der Waals surface area contributed by atoms with Crippen LogP contribution in [0.4, 0.5) is 5.82 Å². The number of carbonyl (C=O) groups excluding carboxylic acids is 2. The standard InChI is InChI=1S/C19H18ClN5O2/c20-16-6-2-1-5-15(16)19(27)23-13-17(26)24-8-10-25(11-9-24)18-14(12-21)4-3-7-22-18/h1-7H,8-11,13H2,(H,23,27). The van der Waals surface area contributed by atoms with E-state index in [2.05, 4.69) is 16.4 Å². The van der Waals surface area contributed by atoms with Crippen LogP contribution in [0.1, 0.15) is 15.9 Å². The normalized spacial score (nSPS) is 13.8. The molecule has 1 aromatic carbocycles. The van der Waals surface area contributed by atoms with Crippen molar-refractivity contribution in [2.75, 3.05) is 37.6 Å². The van der Waals surface area contributed by atoms with Crippen LogP contribution in [0.5, 0.6) is 0 Å². The quantitative estimate of drug-likeness (QED) is 0.867. The van der Waals surface area contributed by atoms with E-state index in [-0.39, 0.29) is 18.4 Å². The smallest absolute Gasteiger partial charge is 0.253 e. The van der Waals surface area contributed by atoms with Crippen molar-refractivity contribution >= 4 is 29.2 Å². The number of benzene rings is 1. The van der Waals surface area contributed by atoms with E-state index in [0.29, 0.717) is 48.1 Å². The number of nitrogens with one attached hydrogen (secondary N) is 1. The zero-order chi connectivity index (χ0) is 19.2. The Morgan fingerprint density at radius 2 is 1.89 bits per heavy atom. The van der Waals surface area contributed by atoms with Gasteiger partial charge in [-0.2, -0.15) is 5.26 Å². The Morgan fingerprint density at radius 1 is 1.15 bits per heavy atom. The average molecular weight is 384 g/mol. The molecule has 0 spiro atoms. The van der Waals surface area contributed by atoms with Gasteiger partial charge in [0.15, 0.2) is 0 Å². The zero-order valence-electron chi connectivity index (χ0n) is 14.6. The summed E-state index contributed by atoms with van der Waals surface area (Å²) in [4.78, 5) is 32.5. The molecule has 1 fully saturated rings. The lowest BCUT2D eigenvalue weighted by Gasteiger charge is -2.35. The van der Waals surface area contributed by atoms with Crippen LogP contribution >= 0.6 is 11.6 Å². The van der Waals surface area contributed by atoms with Gasteiger partial charge in [0, 0.05) is 32.4 Å². The maximum Gasteiger partial charge on any atom is 0.253 e. The molecule has 0 unspecified atom stereocenters. The van der Waals surface area contributed by atoms with Gasteiger partial charge in [-0.15, -0.1) is 0 Å². The molecule has 1 N–H and O–H groups in total. The lowest BCUT2D eigenvalue weighted by Crippen LogP contribution is -2.51. The first-order chi connectivity index (χ1) is 13.1. The molecule has 27 heavy (non-hydrogen) atoms. The van der Waals surface area contributed by atoms with Crippen molar-refractivity contribution < 1.29 is 9.59 Å². The third-order valence-electron chi connectivity index (χ3n) is 4.36. The van der Waals surface area contributed by atoms with Crippen LogP contribution in [0.15, 0.2) is 42.6 Å². The van der Waals surface area contributed by atoms with Crippen LogP contribution in [0.3, 0.4) is 0 Å². The number of hydrogen-bond donors (Lipinski definition) is 1. The second kappa shape index (κ2) is 8.52. The summed E-state index contributed by atoms with van der Waals surface area (Å²) in [7, 11) is 0. The van der Waals surface area contributed by atoms with Gasteiger partial charge in [0.2, 0.25) is 5.91 Å². The summed E-state index contributed by atoms with van der Waals surface area (Å²) in [5.74, 6) is 0.107. The van der Waals surface area contributed by atoms with Crippen LogP contribution in [-0.2, 0) is 4.79 Å². The van der Waals surface area contributed by atoms with E-state index in [4.69, 9.17) is 11.6 Å². The number of carbonyl (C=O) groups is 2. The monoisotopic (exact) mass is 383 g/mol. The van der Waals surface area contributed by atoms with Crippen molar-refractivity contribution in [2.45, 2.75) is 0 Å². The van der Waals surface area contributed by atoms with Gasteiger partial charge in [-0.3, -0.25) is 9.59 Å². The third-order valence-corrected chi connectivity index (χ3v) is 4.69. The number of aromatic nitrogens is 1. The number of anilines is 1. The fourth-order valence-electron chi connectivity index (χ4n) is 2.91. The summed E-state index contributed by atoms with van der Waals surface area (Å²) in [5.41, 5.74) is 0.861. The fraction of sp³-hybridized carbons (Fsp3) is 0.263. The van der Waals surface area contributed by atoms with E-state index in [0.717, 1.165) is 0 Å². The summed E-state index contributed by atoms with van der Waals surface area (Å²) in [6.45, 7) is 2.08. The molecule has 1 aliphatic rings. The van der Waals surface area contributed by atoms with Crippen molar-refractivity contribution in [3.63, 3.8) is 0 Å². The van der Waals surface area contributed by atoms with E-state index >= 15 is 0 Å². The minimum atomic E-state index is -0.375. The van der Waals surface area contributed by atoms with Crippen molar-refractivity contribution in [3.8, 4) is 6.07 Å². The Balaban J connectivity index is 1.52. The third kappa shape index (κ3) is 4.36. The number of rotatable bonds is 4. The highest BCUT2D eigenvalue weighted by Gasteiger charge is 2.23. The summed E-state index contributed by atoms with van der Waals surface area (Å²) in [5, 5.41) is 12.2. The Morgan fingerprint density at radius 3 is 2.59 bits per heavy atom. The van der Waals surface area contributed by atoms with Gasteiger partial charge < -0.3 is 15.1 Å². The highest BCUT2D eigenvalue weighted by molar-refractivity contribution is 6.33. The second-order valence-corrected chi connectivity index (χ2v) is 6.42. The summed E-state index contributed by atoms with van der Waals surface area (Å²) < 4.78 is 0. The molecule has 1 saturated heterocycles. The number of nitrogens with zero attached hydrogens (tertiary/aromatic N) is 4. The van der Waals surface area contributed by atoms with Crippen molar-refractivity contribution in [3.05, 3.63) is 58.7 Å². The van der Waals surface area contributed by atoms with Crippen LogP contribution in [-0.4, -0.2) is 54.4 Å². The number of amides is 2. The Kier molecular flexibility index (Phi) is 5.89. The molecule has 0 bridgehead atoms. The molecule has 138 valence electrons. The zero-order valence-corrected chi connectivity index (χ0v) is 15.3. The minimum Gasteiger partial charge on any atom is -0.352 e. The molecule has 3 rings (SSSR count). The number of hydrogen-bond acceptors (Lipinski definition) is 5. The van der Waals surface area contributed by atoms with Crippen molar-refractivity contribution in [2.24, 2.45) is 0 Å². The Bertz CT molecular complexity index is 888. The van der Waals surface area contributed by atoms with Gasteiger partial charge in [0.25, 0.3) is 5.91 Å². The summed E-state index contributed by atoms with van der Waals surface area (Å²) in [6.07, 6.45) is 1.65. The SMILES string of the molecule is N#Cc1cccnc1N1CCN(C(=O)CNC(=O)c2ccccc2Cl)CC1.